The van der Waals surface area contributed by atoms with Crippen molar-refractivity contribution in [3.63, 3.8) is 0 Å². The number of ether oxygens (including phenoxy) is 4. The Kier molecular flexibility index (Phi) is 34.9. The molecule has 56 heavy (non-hydrogen) atoms. The van der Waals surface area contributed by atoms with Gasteiger partial charge in [-0.1, -0.05) is 141 Å². The Hall–Kier alpha value is -1.82. The molecule has 0 aromatic carbocycles. The average Bonchev–Trinajstić information content (AvgIpc) is 3.19. The van der Waals surface area contributed by atoms with Crippen LogP contribution >= 0.6 is 0 Å². The van der Waals surface area contributed by atoms with E-state index in [0.29, 0.717) is 6.42 Å². The molecule has 0 spiro atoms. The number of carbonyl (C=O) groups excluding carboxylic acids is 2. The van der Waals surface area contributed by atoms with Crippen molar-refractivity contribution in [2.24, 2.45) is 0 Å². The summed E-state index contributed by atoms with van der Waals surface area (Å²) in [6.45, 7) is 3.78. The van der Waals surface area contributed by atoms with Crippen LogP contribution in [0.4, 0.5) is 0 Å². The van der Waals surface area contributed by atoms with Crippen LogP contribution in [0.25, 0.3) is 0 Å². The summed E-state index contributed by atoms with van der Waals surface area (Å²) in [4.78, 5) is 25.3. The van der Waals surface area contributed by atoms with Gasteiger partial charge in [0.05, 0.1) is 13.2 Å². The van der Waals surface area contributed by atoms with E-state index in [1.165, 1.54) is 89.9 Å². The van der Waals surface area contributed by atoms with Gasteiger partial charge in [-0.25, -0.2) is 0 Å². The number of carbonyl (C=O) groups is 2. The first kappa shape index (κ1) is 52.2. The Labute approximate surface area is 341 Å². The molecule has 0 aromatic rings. The highest BCUT2D eigenvalue weighted by molar-refractivity contribution is 5.70. The SMILES string of the molecule is CCCCCCCC/C=C\CCCCCCCC(=O)OCC(CCO[C@@H]1O[C@H](CO)[C@@H](O)[C@H](O)[C@H]1O)OC(=O)CCCCCCC/C=C\CCCCCCCC. The molecule has 1 unspecified atom stereocenters. The topological polar surface area (TPSA) is 152 Å². The van der Waals surface area contributed by atoms with E-state index in [9.17, 15) is 30.0 Å². The molecule has 1 rings (SSSR count). The van der Waals surface area contributed by atoms with Crippen LogP contribution in [0.3, 0.4) is 0 Å². The Balaban J connectivity index is 2.34. The van der Waals surface area contributed by atoms with Gasteiger partial charge in [0.1, 0.15) is 37.1 Å². The average molecular weight is 797 g/mol. The zero-order valence-electron chi connectivity index (χ0n) is 35.6. The maximum absolute atomic E-state index is 12.8. The third kappa shape index (κ3) is 28.6. The van der Waals surface area contributed by atoms with Crippen LogP contribution in [0.1, 0.15) is 200 Å². The number of unbranched alkanes of at least 4 members (excludes halogenated alkanes) is 22. The maximum atomic E-state index is 12.8. The minimum absolute atomic E-state index is 0.0418. The molecular formula is C46H84O10. The molecule has 1 saturated heterocycles. The lowest BCUT2D eigenvalue weighted by Gasteiger charge is -2.39. The highest BCUT2D eigenvalue weighted by Crippen LogP contribution is 2.22. The lowest BCUT2D eigenvalue weighted by Crippen LogP contribution is -2.59. The van der Waals surface area contributed by atoms with Crippen molar-refractivity contribution in [3.05, 3.63) is 24.3 Å². The fourth-order valence-electron chi connectivity index (χ4n) is 6.88. The molecule has 4 N–H and O–H groups in total. The molecule has 0 radical (unpaired) electrons. The molecule has 0 amide bonds. The van der Waals surface area contributed by atoms with Crippen molar-refractivity contribution < 1.29 is 49.0 Å². The van der Waals surface area contributed by atoms with Crippen LogP contribution in [0.15, 0.2) is 24.3 Å². The van der Waals surface area contributed by atoms with E-state index in [0.717, 1.165) is 77.0 Å². The molecule has 0 aromatic heterocycles. The molecule has 10 heteroatoms. The number of rotatable bonds is 38. The Morgan fingerprint density at radius 2 is 1.00 bits per heavy atom. The number of hydrogen-bond donors (Lipinski definition) is 4. The second-order valence-corrected chi connectivity index (χ2v) is 15.8. The second kappa shape index (κ2) is 37.5. The molecule has 1 heterocycles. The van der Waals surface area contributed by atoms with E-state index in [1.807, 2.05) is 0 Å². The van der Waals surface area contributed by atoms with E-state index in [-0.39, 0.29) is 38.0 Å². The molecule has 10 nitrogen and oxygen atoms in total. The highest BCUT2D eigenvalue weighted by atomic mass is 16.7. The highest BCUT2D eigenvalue weighted by Gasteiger charge is 2.44. The van der Waals surface area contributed by atoms with Gasteiger partial charge in [0, 0.05) is 19.3 Å². The lowest BCUT2D eigenvalue weighted by atomic mass is 9.99. The maximum Gasteiger partial charge on any atom is 0.306 e. The zero-order valence-corrected chi connectivity index (χ0v) is 35.6. The second-order valence-electron chi connectivity index (χ2n) is 15.8. The van der Waals surface area contributed by atoms with Crippen LogP contribution in [0.2, 0.25) is 0 Å². The number of allylic oxidation sites excluding steroid dienone is 4. The standard InChI is InChI=1S/C46H84O10/c1-3-5-7-9-11-13-15-17-19-21-23-25-27-29-31-33-41(48)54-38-39(35-36-53-46-45(52)44(51)43(50)40(37-47)56-46)55-42(49)34-32-30-28-26-24-22-20-18-16-14-12-10-8-6-4-2/h17-20,39-40,43-47,50-52H,3-16,21-38H2,1-2H3/b19-17-,20-18-/t39?,40-,43-,44+,45-,46-/m1/s1. The summed E-state index contributed by atoms with van der Waals surface area (Å²) < 4.78 is 22.3. The minimum atomic E-state index is -1.55. The van der Waals surface area contributed by atoms with Crippen LogP contribution in [-0.2, 0) is 28.5 Å². The van der Waals surface area contributed by atoms with Gasteiger partial charge >= 0.3 is 11.9 Å². The number of esters is 2. The molecule has 0 bridgehead atoms. The molecule has 0 aliphatic carbocycles. The Morgan fingerprint density at radius 1 is 0.571 bits per heavy atom. The largest absolute Gasteiger partial charge is 0.462 e. The van der Waals surface area contributed by atoms with Crippen molar-refractivity contribution in [2.45, 2.75) is 237 Å². The van der Waals surface area contributed by atoms with Gasteiger partial charge in [-0.2, -0.15) is 0 Å². The van der Waals surface area contributed by atoms with Gasteiger partial charge in [-0.3, -0.25) is 9.59 Å². The molecule has 328 valence electrons. The third-order valence-corrected chi connectivity index (χ3v) is 10.6. The Bertz CT molecular complexity index is 970. The van der Waals surface area contributed by atoms with Gasteiger partial charge in [0.15, 0.2) is 6.29 Å². The Morgan fingerprint density at radius 3 is 1.46 bits per heavy atom. The number of aliphatic hydroxyl groups excluding tert-OH is 4. The summed E-state index contributed by atoms with van der Waals surface area (Å²) in [6.07, 6.45) is 32.8. The first-order valence-electron chi connectivity index (χ1n) is 22.9. The van der Waals surface area contributed by atoms with Crippen molar-refractivity contribution >= 4 is 11.9 Å². The van der Waals surface area contributed by atoms with Crippen molar-refractivity contribution in [3.8, 4) is 0 Å². The summed E-state index contributed by atoms with van der Waals surface area (Å²) in [5, 5.41) is 39.9. The molecular weight excluding hydrogens is 712 g/mol. The van der Waals surface area contributed by atoms with E-state index >= 15 is 0 Å². The van der Waals surface area contributed by atoms with Crippen LogP contribution in [0, 0.1) is 0 Å². The molecule has 1 fully saturated rings. The number of hydrogen-bond acceptors (Lipinski definition) is 10. The smallest absolute Gasteiger partial charge is 0.306 e. The summed E-state index contributed by atoms with van der Waals surface area (Å²) in [5.74, 6) is -0.704. The predicted molar refractivity (Wildman–Crippen MR) is 224 cm³/mol. The van der Waals surface area contributed by atoms with Gasteiger partial charge < -0.3 is 39.4 Å². The summed E-state index contributed by atoms with van der Waals surface area (Å²) in [6, 6.07) is 0. The normalized spacial score (nSPS) is 20.6. The third-order valence-electron chi connectivity index (χ3n) is 10.6. The molecule has 1 aliphatic rings. The van der Waals surface area contributed by atoms with Crippen molar-refractivity contribution in [1.29, 1.82) is 0 Å². The fourth-order valence-corrected chi connectivity index (χ4v) is 6.88. The van der Waals surface area contributed by atoms with E-state index in [4.69, 9.17) is 18.9 Å². The summed E-state index contributed by atoms with van der Waals surface area (Å²) >= 11 is 0. The van der Waals surface area contributed by atoms with Crippen LogP contribution in [-0.4, -0.2) is 89.0 Å². The minimum Gasteiger partial charge on any atom is -0.462 e. The molecule has 6 atom stereocenters. The van der Waals surface area contributed by atoms with E-state index < -0.39 is 43.4 Å². The van der Waals surface area contributed by atoms with Crippen LogP contribution < -0.4 is 0 Å². The predicted octanol–water partition coefficient (Wildman–Crippen LogP) is 9.72. The summed E-state index contributed by atoms with van der Waals surface area (Å²) in [5.41, 5.74) is 0. The van der Waals surface area contributed by atoms with Gasteiger partial charge in [-0.15, -0.1) is 0 Å². The molecule has 0 saturated carbocycles. The van der Waals surface area contributed by atoms with E-state index in [2.05, 4.69) is 38.2 Å². The zero-order chi connectivity index (χ0) is 40.9. The van der Waals surface area contributed by atoms with Crippen LogP contribution in [0.5, 0.6) is 0 Å². The van der Waals surface area contributed by atoms with Crippen molar-refractivity contribution in [2.75, 3.05) is 19.8 Å². The quantitative estimate of drug-likeness (QED) is 0.0270. The molecule has 1 aliphatic heterocycles. The fraction of sp³-hybridized carbons (Fsp3) is 0.870. The first-order valence-corrected chi connectivity index (χ1v) is 22.9. The van der Waals surface area contributed by atoms with Crippen molar-refractivity contribution in [1.82, 2.24) is 0 Å². The van der Waals surface area contributed by atoms with Gasteiger partial charge in [0.2, 0.25) is 0 Å². The number of aliphatic hydroxyl groups is 4. The van der Waals surface area contributed by atoms with E-state index in [1.54, 1.807) is 0 Å². The monoisotopic (exact) mass is 797 g/mol. The first-order chi connectivity index (χ1) is 27.3. The summed E-state index contributed by atoms with van der Waals surface area (Å²) in [7, 11) is 0. The van der Waals surface area contributed by atoms with Gasteiger partial charge in [-0.05, 0) is 64.2 Å². The lowest BCUT2D eigenvalue weighted by molar-refractivity contribution is -0.301. The van der Waals surface area contributed by atoms with Gasteiger partial charge in [0.25, 0.3) is 0 Å².